The molecule has 0 radical (unpaired) electrons. The van der Waals surface area contributed by atoms with Crippen molar-refractivity contribution in [3.05, 3.63) is 0 Å². The molecule has 0 aliphatic heterocycles. The molecule has 7 nitrogen and oxygen atoms in total. The molecule has 0 aliphatic rings. The van der Waals surface area contributed by atoms with Gasteiger partial charge in [0.1, 0.15) is 0 Å². The van der Waals surface area contributed by atoms with Gasteiger partial charge in [0.15, 0.2) is 0 Å². The van der Waals surface area contributed by atoms with E-state index in [0.717, 1.165) is 0 Å². The van der Waals surface area contributed by atoms with E-state index in [0.29, 0.717) is 0 Å². The summed E-state index contributed by atoms with van der Waals surface area (Å²) < 4.78 is 37.8. The van der Waals surface area contributed by atoms with Gasteiger partial charge in [0.05, 0.1) is 81.6 Å². The monoisotopic (exact) mass is 1610 g/mol. The fourth-order valence-electron chi connectivity index (χ4n) is 16.7. The van der Waals surface area contributed by atoms with Gasteiger partial charge in [0.2, 0.25) is 0 Å². The molecule has 0 aromatic rings. The standard InChI is InChI=1S/3C34H72N.ClH.H2O4S/c3*1-5-7-9-11-13-15-17-19-21-23-25-27-29-31-33-35(3,4)34-32-30-28-26-24-22-20-18-16-14-12-10-8-6-2;;1-5(2,3)4/h3*5-34H2,1-4H3;1H;(H2,1,2,3,4)/q3*+1;;/p-3. The van der Waals surface area contributed by atoms with Gasteiger partial charge in [0.25, 0.3) is 0 Å². The second-order valence-electron chi connectivity index (χ2n) is 38.1. The van der Waals surface area contributed by atoms with Crippen molar-refractivity contribution < 1.29 is 43.4 Å². The van der Waals surface area contributed by atoms with Crippen LogP contribution in [-0.4, -0.2) is 113 Å². The molecule has 0 bridgehead atoms. The van der Waals surface area contributed by atoms with Crippen molar-refractivity contribution in [1.82, 2.24) is 0 Å². The van der Waals surface area contributed by atoms with Gasteiger partial charge in [0, 0.05) is 10.4 Å². The third-order valence-corrected chi connectivity index (χ3v) is 24.7. The first-order valence-electron chi connectivity index (χ1n) is 51.5. The predicted molar refractivity (Wildman–Crippen MR) is 498 cm³/mol. The lowest BCUT2D eigenvalue weighted by Gasteiger charge is -2.30. The van der Waals surface area contributed by atoms with E-state index >= 15 is 0 Å². The minimum Gasteiger partial charge on any atom is -1.00 e. The molecule has 0 unspecified atom stereocenters. The van der Waals surface area contributed by atoms with E-state index in [2.05, 4.69) is 83.8 Å². The van der Waals surface area contributed by atoms with Gasteiger partial charge >= 0.3 is 0 Å². The van der Waals surface area contributed by atoms with Crippen molar-refractivity contribution in [1.29, 1.82) is 0 Å². The second kappa shape index (κ2) is 101. The Labute approximate surface area is 711 Å². The van der Waals surface area contributed by atoms with Gasteiger partial charge in [-0.25, -0.2) is 0 Å². The van der Waals surface area contributed by atoms with Gasteiger partial charge in [-0.3, -0.25) is 8.42 Å². The number of halogens is 1. The van der Waals surface area contributed by atoms with E-state index < -0.39 is 10.4 Å². The van der Waals surface area contributed by atoms with Crippen LogP contribution in [0.25, 0.3) is 0 Å². The number of nitrogens with zero attached hydrogens (tertiary/aromatic N) is 3. The first kappa shape index (κ1) is 120. The van der Waals surface area contributed by atoms with Crippen LogP contribution in [0.1, 0.15) is 581 Å². The lowest BCUT2D eigenvalue weighted by molar-refractivity contribution is -0.890. The van der Waals surface area contributed by atoms with Gasteiger partial charge in [-0.1, -0.05) is 504 Å². The first-order valence-corrected chi connectivity index (χ1v) is 52.8. The normalized spacial score (nSPS) is 11.9. The molecule has 9 heteroatoms. The largest absolute Gasteiger partial charge is 1.00 e. The zero-order valence-corrected chi connectivity index (χ0v) is 81.0. The summed E-state index contributed by atoms with van der Waals surface area (Å²) in [5, 5.41) is 0. The molecular formula is C102H216ClN3O4S. The molecule has 0 saturated carbocycles. The predicted octanol–water partition coefficient (Wildman–Crippen LogP) is 31.7. The van der Waals surface area contributed by atoms with Crippen LogP contribution in [0.3, 0.4) is 0 Å². The fourth-order valence-corrected chi connectivity index (χ4v) is 16.7. The average Bonchev–Trinajstić information content (AvgIpc) is 0.959. The Morgan fingerprint density at radius 1 is 0.144 bits per heavy atom. The molecule has 0 amide bonds. The number of hydrogen-bond acceptors (Lipinski definition) is 4. The van der Waals surface area contributed by atoms with Gasteiger partial charge < -0.3 is 35.0 Å². The highest BCUT2D eigenvalue weighted by Crippen LogP contribution is 2.22. The van der Waals surface area contributed by atoms with E-state index in [1.54, 1.807) is 0 Å². The first-order chi connectivity index (χ1) is 53.4. The summed E-state index contributed by atoms with van der Waals surface area (Å²) in [5.74, 6) is 0. The van der Waals surface area contributed by atoms with Crippen LogP contribution in [0.5, 0.6) is 0 Å². The lowest BCUT2D eigenvalue weighted by atomic mass is 10.0. The summed E-state index contributed by atoms with van der Waals surface area (Å²) in [6, 6.07) is 0. The molecule has 0 heterocycles. The number of rotatable bonds is 90. The maximum Gasteiger partial charge on any atom is 0.0782 e. The van der Waals surface area contributed by atoms with Crippen LogP contribution in [0, 0.1) is 0 Å². The van der Waals surface area contributed by atoms with E-state index in [1.165, 1.54) is 592 Å². The molecule has 0 saturated heterocycles. The SMILES string of the molecule is CCCCCCCCCCCCCCCC[N+](C)(C)CCCCCCCCCCCCCCCC.CCCCCCCCCCCCCCCC[N+](C)(C)CCCCCCCCCCCCCCCC.CCCCCCCCCCCCCCCC[N+](C)(C)CCCCCCCCCCCCCCCC.O=S(=O)([O-])[O-].[Cl-]. The molecule has 0 fully saturated rings. The van der Waals surface area contributed by atoms with Crippen LogP contribution in [0.15, 0.2) is 0 Å². The maximum absolute atomic E-state index is 8.52. The Morgan fingerprint density at radius 2 is 0.198 bits per heavy atom. The lowest BCUT2D eigenvalue weighted by Crippen LogP contribution is -3.00. The molecule has 0 atom stereocenters. The molecule has 0 aliphatic carbocycles. The van der Waals surface area contributed by atoms with Crippen molar-refractivity contribution in [3.8, 4) is 0 Å². The van der Waals surface area contributed by atoms with Gasteiger partial charge in [-0.2, -0.15) is 0 Å². The summed E-state index contributed by atoms with van der Waals surface area (Å²) in [5.41, 5.74) is 0. The Bertz CT molecular complexity index is 1450. The summed E-state index contributed by atoms with van der Waals surface area (Å²) in [6.45, 7) is 22.2. The van der Waals surface area contributed by atoms with Crippen molar-refractivity contribution in [2.45, 2.75) is 581 Å². The van der Waals surface area contributed by atoms with E-state index in [4.69, 9.17) is 17.5 Å². The van der Waals surface area contributed by atoms with Gasteiger partial charge in [-0.15, -0.1) is 0 Å². The molecule has 0 spiro atoms. The quantitative estimate of drug-likeness (QED) is 0.0263. The molecule has 0 aromatic heterocycles. The smallest absolute Gasteiger partial charge is 0.0782 e. The van der Waals surface area contributed by atoms with Crippen LogP contribution in [-0.2, 0) is 10.4 Å². The fraction of sp³-hybridized carbons (Fsp3) is 1.00. The molecule has 676 valence electrons. The number of hydrogen-bond donors (Lipinski definition) is 0. The third kappa shape index (κ3) is 123. The van der Waals surface area contributed by atoms with Crippen molar-refractivity contribution in [2.75, 3.05) is 81.6 Å². The molecule has 0 N–H and O–H groups in total. The van der Waals surface area contributed by atoms with Crippen LogP contribution < -0.4 is 12.4 Å². The molecule has 0 aromatic carbocycles. The number of unbranched alkanes of at least 4 members (excludes halogenated alkanes) is 78. The van der Waals surface area contributed by atoms with Crippen molar-refractivity contribution >= 4 is 10.4 Å². The van der Waals surface area contributed by atoms with E-state index in [-0.39, 0.29) is 12.4 Å². The Hall–Kier alpha value is 0.0400. The summed E-state index contributed by atoms with van der Waals surface area (Å²) in [6.07, 6.45) is 123. The molecule has 111 heavy (non-hydrogen) atoms. The highest BCUT2D eigenvalue weighted by molar-refractivity contribution is 7.79. The minimum atomic E-state index is -5.17. The zero-order valence-electron chi connectivity index (χ0n) is 79.4. The van der Waals surface area contributed by atoms with Crippen LogP contribution in [0.2, 0.25) is 0 Å². The highest BCUT2D eigenvalue weighted by atomic mass is 35.5. The Morgan fingerprint density at radius 3 is 0.261 bits per heavy atom. The van der Waals surface area contributed by atoms with Gasteiger partial charge in [-0.05, 0) is 77.0 Å². The molecular weight excluding hydrogens is 1400 g/mol. The second-order valence-corrected chi connectivity index (χ2v) is 39.0. The highest BCUT2D eigenvalue weighted by Gasteiger charge is 2.16. The van der Waals surface area contributed by atoms with Crippen molar-refractivity contribution in [3.63, 3.8) is 0 Å². The summed E-state index contributed by atoms with van der Waals surface area (Å²) in [4.78, 5) is 0. The third-order valence-electron chi connectivity index (χ3n) is 24.7. The summed E-state index contributed by atoms with van der Waals surface area (Å²) >= 11 is 0. The Balaban J connectivity index is -0.000000488. The Kier molecular flexibility index (Phi) is 108. The van der Waals surface area contributed by atoms with Crippen LogP contribution in [0.4, 0.5) is 0 Å². The maximum atomic E-state index is 8.52. The van der Waals surface area contributed by atoms with E-state index in [1.807, 2.05) is 0 Å². The zero-order chi connectivity index (χ0) is 81.6. The van der Waals surface area contributed by atoms with Crippen LogP contribution >= 0.6 is 0 Å². The van der Waals surface area contributed by atoms with Crippen molar-refractivity contribution in [2.24, 2.45) is 0 Å². The molecule has 0 rings (SSSR count). The number of quaternary nitrogens is 3. The minimum absolute atomic E-state index is 0. The van der Waals surface area contributed by atoms with E-state index in [9.17, 15) is 0 Å². The topological polar surface area (TPSA) is 80.3 Å². The average molecular weight is 1620 g/mol. The summed E-state index contributed by atoms with van der Waals surface area (Å²) in [7, 11) is 9.61.